The average molecular weight is 365 g/mol. The zero-order valence-electron chi connectivity index (χ0n) is 13.9. The molecule has 2 aromatic rings. The minimum atomic E-state index is -3.49. The summed E-state index contributed by atoms with van der Waals surface area (Å²) in [6.07, 6.45) is -0.143. The van der Waals surface area contributed by atoms with Crippen LogP contribution in [0.2, 0.25) is 0 Å². The first-order chi connectivity index (χ1) is 11.9. The van der Waals surface area contributed by atoms with Gasteiger partial charge in [-0.1, -0.05) is 29.8 Å². The van der Waals surface area contributed by atoms with E-state index in [1.807, 2.05) is 6.92 Å². The van der Waals surface area contributed by atoms with Gasteiger partial charge in [-0.2, -0.15) is 0 Å². The molecule has 0 aliphatic rings. The van der Waals surface area contributed by atoms with Crippen LogP contribution in [0.3, 0.4) is 0 Å². The summed E-state index contributed by atoms with van der Waals surface area (Å²) in [6.45, 7) is 2.13. The van der Waals surface area contributed by atoms with Crippen molar-refractivity contribution >= 4 is 15.7 Å². The fourth-order valence-corrected chi connectivity index (χ4v) is 3.33. The minimum Gasteiger partial charge on any atom is -0.489 e. The van der Waals surface area contributed by atoms with Crippen molar-refractivity contribution in [2.75, 3.05) is 18.9 Å². The van der Waals surface area contributed by atoms with Crippen molar-refractivity contribution in [2.45, 2.75) is 18.2 Å². The van der Waals surface area contributed by atoms with Crippen molar-refractivity contribution in [3.63, 3.8) is 0 Å². The Hall–Kier alpha value is -2.41. The standard InChI is InChI=1S/C18H20FNO4S/c1-14-6-8-15(9-7-14)25(22,23)13-10-18(21)20-11-12-24-17-5-3-2-4-16(17)19/h2-9H,10-13H2,1H3,(H,20,21). The average Bonchev–Trinajstić information content (AvgIpc) is 2.59. The van der Waals surface area contributed by atoms with Gasteiger partial charge in [0, 0.05) is 6.42 Å². The molecule has 0 saturated carbocycles. The highest BCUT2D eigenvalue weighted by Crippen LogP contribution is 2.15. The number of halogens is 1. The molecule has 0 fully saturated rings. The van der Waals surface area contributed by atoms with Crippen LogP contribution in [0.1, 0.15) is 12.0 Å². The third-order valence-corrected chi connectivity index (χ3v) is 5.23. The molecule has 25 heavy (non-hydrogen) atoms. The first-order valence-corrected chi connectivity index (χ1v) is 9.47. The lowest BCUT2D eigenvalue weighted by Gasteiger charge is -2.09. The Morgan fingerprint density at radius 3 is 2.48 bits per heavy atom. The van der Waals surface area contributed by atoms with E-state index in [4.69, 9.17) is 4.74 Å². The number of aryl methyl sites for hydroxylation is 1. The molecule has 134 valence electrons. The molecule has 0 aliphatic carbocycles. The molecule has 0 heterocycles. The third kappa shape index (κ3) is 5.86. The van der Waals surface area contributed by atoms with Crippen LogP contribution in [0.4, 0.5) is 4.39 Å². The number of amides is 1. The highest BCUT2D eigenvalue weighted by molar-refractivity contribution is 7.91. The molecule has 0 radical (unpaired) electrons. The molecule has 0 saturated heterocycles. The highest BCUT2D eigenvalue weighted by Gasteiger charge is 2.16. The van der Waals surface area contributed by atoms with Gasteiger partial charge in [-0.15, -0.1) is 0 Å². The summed E-state index contributed by atoms with van der Waals surface area (Å²) in [5, 5.41) is 2.55. The van der Waals surface area contributed by atoms with Crippen LogP contribution in [0, 0.1) is 12.7 Å². The van der Waals surface area contributed by atoms with E-state index in [0.717, 1.165) is 5.56 Å². The van der Waals surface area contributed by atoms with Crippen molar-refractivity contribution in [2.24, 2.45) is 0 Å². The van der Waals surface area contributed by atoms with Gasteiger partial charge in [-0.25, -0.2) is 12.8 Å². The van der Waals surface area contributed by atoms with Crippen molar-refractivity contribution in [3.8, 4) is 5.75 Å². The molecule has 5 nitrogen and oxygen atoms in total. The zero-order valence-corrected chi connectivity index (χ0v) is 14.7. The second-order valence-corrected chi connectivity index (χ2v) is 7.62. The van der Waals surface area contributed by atoms with Gasteiger partial charge in [0.1, 0.15) is 6.61 Å². The SMILES string of the molecule is Cc1ccc(S(=O)(=O)CCC(=O)NCCOc2ccccc2F)cc1. The van der Waals surface area contributed by atoms with E-state index in [-0.39, 0.29) is 36.0 Å². The van der Waals surface area contributed by atoms with Crippen LogP contribution in [-0.2, 0) is 14.6 Å². The quantitative estimate of drug-likeness (QED) is 0.730. The van der Waals surface area contributed by atoms with Crippen LogP contribution in [0.5, 0.6) is 5.75 Å². The second-order valence-electron chi connectivity index (χ2n) is 5.51. The topological polar surface area (TPSA) is 72.5 Å². The molecule has 0 atom stereocenters. The number of carbonyl (C=O) groups is 1. The summed E-state index contributed by atoms with van der Waals surface area (Å²) in [5.74, 6) is -1.03. The Labute approximate surface area is 146 Å². The third-order valence-electron chi connectivity index (χ3n) is 3.50. The van der Waals surface area contributed by atoms with Crippen molar-refractivity contribution in [3.05, 3.63) is 59.9 Å². The number of rotatable bonds is 8. The fourth-order valence-electron chi connectivity index (χ4n) is 2.09. The lowest BCUT2D eigenvalue weighted by Crippen LogP contribution is -2.29. The van der Waals surface area contributed by atoms with Crippen LogP contribution in [0.25, 0.3) is 0 Å². The number of hydrogen-bond donors (Lipinski definition) is 1. The maximum atomic E-state index is 13.3. The van der Waals surface area contributed by atoms with E-state index in [0.29, 0.717) is 0 Å². The summed E-state index contributed by atoms with van der Waals surface area (Å²) in [7, 11) is -3.49. The maximum Gasteiger partial charge on any atom is 0.221 e. The lowest BCUT2D eigenvalue weighted by molar-refractivity contribution is -0.120. The summed E-state index contributed by atoms with van der Waals surface area (Å²) in [4.78, 5) is 12.0. The van der Waals surface area contributed by atoms with Crippen LogP contribution in [0.15, 0.2) is 53.4 Å². The number of sulfone groups is 1. The lowest BCUT2D eigenvalue weighted by atomic mass is 10.2. The van der Waals surface area contributed by atoms with Gasteiger partial charge in [0.25, 0.3) is 0 Å². The smallest absolute Gasteiger partial charge is 0.221 e. The summed E-state index contributed by atoms with van der Waals surface area (Å²) in [6, 6.07) is 12.5. The van der Waals surface area contributed by atoms with Crippen molar-refractivity contribution < 1.29 is 22.3 Å². The predicted molar refractivity (Wildman–Crippen MR) is 92.8 cm³/mol. The molecule has 7 heteroatoms. The van der Waals surface area contributed by atoms with Crippen LogP contribution in [-0.4, -0.2) is 33.2 Å². The largest absolute Gasteiger partial charge is 0.489 e. The molecule has 2 rings (SSSR count). The summed E-state index contributed by atoms with van der Waals surface area (Å²) >= 11 is 0. The zero-order chi connectivity index (χ0) is 18.3. The van der Waals surface area contributed by atoms with E-state index in [1.54, 1.807) is 24.3 Å². The minimum absolute atomic E-state index is 0.0946. The summed E-state index contributed by atoms with van der Waals surface area (Å²) in [5.41, 5.74) is 0.964. The second kappa shape index (κ2) is 8.62. The number of nitrogens with one attached hydrogen (secondary N) is 1. The maximum absolute atomic E-state index is 13.3. The molecular weight excluding hydrogens is 345 g/mol. The predicted octanol–water partition coefficient (Wildman–Crippen LogP) is 2.49. The van der Waals surface area contributed by atoms with Gasteiger partial charge in [-0.3, -0.25) is 4.79 Å². The van der Waals surface area contributed by atoms with Crippen molar-refractivity contribution in [1.29, 1.82) is 0 Å². The fraction of sp³-hybridized carbons (Fsp3) is 0.278. The first-order valence-electron chi connectivity index (χ1n) is 7.82. The Morgan fingerprint density at radius 1 is 1.12 bits per heavy atom. The molecule has 1 N–H and O–H groups in total. The Balaban J connectivity index is 1.73. The highest BCUT2D eigenvalue weighted by atomic mass is 32.2. The molecule has 0 unspecified atom stereocenters. The number of ether oxygens (including phenoxy) is 1. The van der Waals surface area contributed by atoms with E-state index in [9.17, 15) is 17.6 Å². The molecule has 2 aromatic carbocycles. The van der Waals surface area contributed by atoms with Crippen molar-refractivity contribution in [1.82, 2.24) is 5.32 Å². The Bertz CT molecular complexity index is 819. The van der Waals surface area contributed by atoms with E-state index < -0.39 is 21.6 Å². The number of carbonyl (C=O) groups excluding carboxylic acids is 1. The van der Waals surface area contributed by atoms with Crippen LogP contribution >= 0.6 is 0 Å². The van der Waals surface area contributed by atoms with Gasteiger partial charge in [0.05, 0.1) is 17.2 Å². The normalized spacial score (nSPS) is 11.1. The Morgan fingerprint density at radius 2 is 1.80 bits per heavy atom. The van der Waals surface area contributed by atoms with Gasteiger partial charge < -0.3 is 10.1 Å². The van der Waals surface area contributed by atoms with Gasteiger partial charge in [-0.05, 0) is 31.2 Å². The molecule has 0 aliphatic heterocycles. The monoisotopic (exact) mass is 365 g/mol. The van der Waals surface area contributed by atoms with Gasteiger partial charge in [0.15, 0.2) is 21.4 Å². The van der Waals surface area contributed by atoms with E-state index >= 15 is 0 Å². The molecular formula is C18H20FNO4S. The van der Waals surface area contributed by atoms with Gasteiger partial charge in [0.2, 0.25) is 5.91 Å². The number of hydrogen-bond acceptors (Lipinski definition) is 4. The molecule has 1 amide bonds. The van der Waals surface area contributed by atoms with E-state index in [2.05, 4.69) is 5.32 Å². The van der Waals surface area contributed by atoms with Crippen LogP contribution < -0.4 is 10.1 Å². The molecule has 0 spiro atoms. The Kier molecular flexibility index (Phi) is 6.52. The number of benzene rings is 2. The molecule has 0 aromatic heterocycles. The first kappa shape index (κ1) is 18.9. The molecule has 0 bridgehead atoms. The summed E-state index contributed by atoms with van der Waals surface area (Å²) < 4.78 is 42.8. The number of para-hydroxylation sites is 1. The van der Waals surface area contributed by atoms with E-state index in [1.165, 1.54) is 24.3 Å². The van der Waals surface area contributed by atoms with Gasteiger partial charge >= 0.3 is 0 Å².